The molecular formula is C28H32N6O3. The molecule has 0 spiro atoms. The minimum absolute atomic E-state index is 0.0573. The number of morpholine rings is 1. The van der Waals surface area contributed by atoms with Crippen molar-refractivity contribution in [2.24, 2.45) is 0 Å². The van der Waals surface area contributed by atoms with Gasteiger partial charge in [-0.1, -0.05) is 12.1 Å². The number of hydrogen-bond donors (Lipinski definition) is 2. The molecule has 1 aromatic heterocycles. The summed E-state index contributed by atoms with van der Waals surface area (Å²) in [6, 6.07) is 17.7. The second-order valence-electron chi connectivity index (χ2n) is 9.03. The zero-order valence-corrected chi connectivity index (χ0v) is 21.2. The molecule has 9 heteroatoms. The molecule has 1 aliphatic rings. The molecule has 0 radical (unpaired) electrons. The zero-order chi connectivity index (χ0) is 26.0. The molecule has 0 saturated carbocycles. The van der Waals surface area contributed by atoms with Gasteiger partial charge in [0.2, 0.25) is 0 Å². The highest BCUT2D eigenvalue weighted by molar-refractivity contribution is 5.74. The highest BCUT2D eigenvalue weighted by atomic mass is 16.5. The minimum Gasteiger partial charge on any atom is -0.490 e. The van der Waals surface area contributed by atoms with Crippen LogP contribution in [0.25, 0.3) is 11.3 Å². The number of rotatable bonds is 9. The van der Waals surface area contributed by atoms with Crippen LogP contribution in [0.15, 0.2) is 54.7 Å². The van der Waals surface area contributed by atoms with Crippen LogP contribution < -0.4 is 20.3 Å². The van der Waals surface area contributed by atoms with Crippen molar-refractivity contribution >= 4 is 11.7 Å². The van der Waals surface area contributed by atoms with Gasteiger partial charge in [0.1, 0.15) is 24.3 Å². The van der Waals surface area contributed by atoms with Gasteiger partial charge in [0.15, 0.2) is 0 Å². The van der Waals surface area contributed by atoms with Gasteiger partial charge in [-0.25, -0.2) is 14.8 Å². The number of nitrogens with one attached hydrogen (secondary N) is 2. The molecule has 1 saturated heterocycles. The van der Waals surface area contributed by atoms with Crippen LogP contribution in [0.4, 0.5) is 10.5 Å². The molecule has 0 aliphatic carbocycles. The van der Waals surface area contributed by atoms with Gasteiger partial charge in [0.25, 0.3) is 0 Å². The summed E-state index contributed by atoms with van der Waals surface area (Å²) in [6.45, 7) is 7.70. The summed E-state index contributed by atoms with van der Waals surface area (Å²) in [4.78, 5) is 23.2. The molecule has 9 nitrogen and oxygen atoms in total. The molecule has 0 atom stereocenters. The van der Waals surface area contributed by atoms with Crippen molar-refractivity contribution in [1.29, 1.82) is 5.26 Å². The Morgan fingerprint density at radius 1 is 1.16 bits per heavy atom. The quantitative estimate of drug-likeness (QED) is 0.432. The number of carbonyl (C=O) groups excluding carboxylic acids is 1. The smallest absolute Gasteiger partial charge is 0.315 e. The van der Waals surface area contributed by atoms with Gasteiger partial charge in [-0.3, -0.25) is 0 Å². The van der Waals surface area contributed by atoms with E-state index in [1.807, 2.05) is 26.0 Å². The highest BCUT2D eigenvalue weighted by Gasteiger charge is 2.12. The summed E-state index contributed by atoms with van der Waals surface area (Å²) in [7, 11) is 0. The molecule has 2 heterocycles. The van der Waals surface area contributed by atoms with Crippen LogP contribution in [-0.2, 0) is 11.2 Å². The van der Waals surface area contributed by atoms with Crippen molar-refractivity contribution in [2.75, 3.05) is 44.4 Å². The van der Waals surface area contributed by atoms with E-state index < -0.39 is 0 Å². The van der Waals surface area contributed by atoms with E-state index in [-0.39, 0.29) is 18.7 Å². The van der Waals surface area contributed by atoms with E-state index in [1.165, 1.54) is 5.69 Å². The third-order valence-electron chi connectivity index (χ3n) is 5.84. The lowest BCUT2D eigenvalue weighted by Crippen LogP contribution is -2.41. The summed E-state index contributed by atoms with van der Waals surface area (Å²) in [5, 5.41) is 15.1. The lowest BCUT2D eigenvalue weighted by atomic mass is 10.1. The predicted octanol–water partition coefficient (Wildman–Crippen LogP) is 3.53. The first-order chi connectivity index (χ1) is 18.0. The maximum Gasteiger partial charge on any atom is 0.315 e. The monoisotopic (exact) mass is 500 g/mol. The largest absolute Gasteiger partial charge is 0.490 e. The minimum atomic E-state index is -0.248. The Morgan fingerprint density at radius 3 is 2.68 bits per heavy atom. The van der Waals surface area contributed by atoms with E-state index in [1.54, 1.807) is 18.3 Å². The standard InChI is InChI=1S/C28H32N6O3/c1-20(2)32-28(35)31-11-14-37-26-8-5-22(18-23(26)19-29)25-9-10-30-27(33-25)17-21-3-6-24(7-4-21)34-12-15-36-16-13-34/h3-10,18,20H,11-17H2,1-2H3,(H2,31,32,35). The van der Waals surface area contributed by atoms with Crippen LogP contribution in [-0.4, -0.2) is 61.5 Å². The first-order valence-corrected chi connectivity index (χ1v) is 12.5. The summed E-state index contributed by atoms with van der Waals surface area (Å²) < 4.78 is 11.2. The second-order valence-corrected chi connectivity index (χ2v) is 9.03. The number of anilines is 1. The van der Waals surface area contributed by atoms with Gasteiger partial charge in [-0.2, -0.15) is 5.26 Å². The Kier molecular flexibility index (Phi) is 8.89. The fourth-order valence-electron chi connectivity index (χ4n) is 4.02. The highest BCUT2D eigenvalue weighted by Crippen LogP contribution is 2.26. The SMILES string of the molecule is CC(C)NC(=O)NCCOc1ccc(-c2ccnc(Cc3ccc(N4CCOCC4)cc3)n2)cc1C#N. The van der Waals surface area contributed by atoms with E-state index in [0.717, 1.165) is 43.1 Å². The van der Waals surface area contributed by atoms with Crippen molar-refractivity contribution < 1.29 is 14.3 Å². The topological polar surface area (TPSA) is 112 Å². The fraction of sp³-hybridized carbons (Fsp3) is 0.357. The van der Waals surface area contributed by atoms with Gasteiger partial charge >= 0.3 is 6.03 Å². The third-order valence-corrected chi connectivity index (χ3v) is 5.84. The number of nitriles is 1. The van der Waals surface area contributed by atoms with Crippen LogP contribution in [0.5, 0.6) is 5.75 Å². The molecule has 0 unspecified atom stereocenters. The molecule has 2 N–H and O–H groups in total. The van der Waals surface area contributed by atoms with Crippen molar-refractivity contribution in [1.82, 2.24) is 20.6 Å². The van der Waals surface area contributed by atoms with Gasteiger partial charge < -0.3 is 25.0 Å². The average Bonchev–Trinajstić information content (AvgIpc) is 2.92. The number of aromatic nitrogens is 2. The Morgan fingerprint density at radius 2 is 1.95 bits per heavy atom. The predicted molar refractivity (Wildman–Crippen MR) is 142 cm³/mol. The maximum atomic E-state index is 11.7. The van der Waals surface area contributed by atoms with E-state index >= 15 is 0 Å². The number of nitrogens with zero attached hydrogens (tertiary/aromatic N) is 4. The Bertz CT molecular complexity index is 1230. The number of benzene rings is 2. The Hall–Kier alpha value is -4.16. The van der Waals surface area contributed by atoms with Gasteiger partial charge in [-0.05, 0) is 55.8 Å². The first-order valence-electron chi connectivity index (χ1n) is 12.5. The lowest BCUT2D eigenvalue weighted by Gasteiger charge is -2.28. The van der Waals surface area contributed by atoms with E-state index in [0.29, 0.717) is 30.1 Å². The maximum absolute atomic E-state index is 11.7. The van der Waals surface area contributed by atoms with Crippen molar-refractivity contribution in [3.8, 4) is 23.1 Å². The number of hydrogen-bond acceptors (Lipinski definition) is 7. The normalized spacial score (nSPS) is 13.2. The van der Waals surface area contributed by atoms with Crippen LogP contribution in [0.2, 0.25) is 0 Å². The van der Waals surface area contributed by atoms with Crippen molar-refractivity contribution in [2.45, 2.75) is 26.3 Å². The molecular weight excluding hydrogens is 468 g/mol. The number of urea groups is 1. The van der Waals surface area contributed by atoms with E-state index in [9.17, 15) is 10.1 Å². The van der Waals surface area contributed by atoms with Gasteiger partial charge in [0.05, 0.1) is 31.0 Å². The molecule has 1 fully saturated rings. The first kappa shape index (κ1) is 25.9. The van der Waals surface area contributed by atoms with Gasteiger partial charge in [0, 0.05) is 43.0 Å². The van der Waals surface area contributed by atoms with Gasteiger partial charge in [-0.15, -0.1) is 0 Å². The Balaban J connectivity index is 1.37. The molecule has 4 rings (SSSR count). The second kappa shape index (κ2) is 12.7. The fourth-order valence-corrected chi connectivity index (χ4v) is 4.02. The number of amides is 2. The molecule has 37 heavy (non-hydrogen) atoms. The molecule has 1 aliphatic heterocycles. The molecule has 2 amide bonds. The third kappa shape index (κ3) is 7.41. The van der Waals surface area contributed by atoms with Crippen molar-refractivity contribution in [3.05, 3.63) is 71.7 Å². The molecule has 0 bridgehead atoms. The van der Waals surface area contributed by atoms with Crippen LogP contribution in [0, 0.1) is 11.3 Å². The van der Waals surface area contributed by atoms with Crippen LogP contribution in [0.1, 0.15) is 30.8 Å². The molecule has 192 valence electrons. The van der Waals surface area contributed by atoms with Crippen molar-refractivity contribution in [3.63, 3.8) is 0 Å². The average molecular weight is 501 g/mol. The summed E-state index contributed by atoms with van der Waals surface area (Å²) in [6.07, 6.45) is 2.35. The van der Waals surface area contributed by atoms with E-state index in [4.69, 9.17) is 14.5 Å². The summed E-state index contributed by atoms with van der Waals surface area (Å²) >= 11 is 0. The zero-order valence-electron chi connectivity index (χ0n) is 21.2. The lowest BCUT2D eigenvalue weighted by molar-refractivity contribution is 0.122. The van der Waals surface area contributed by atoms with E-state index in [2.05, 4.69) is 50.9 Å². The van der Waals surface area contributed by atoms with Crippen LogP contribution >= 0.6 is 0 Å². The Labute approximate surface area is 217 Å². The molecule has 3 aromatic rings. The number of ether oxygens (including phenoxy) is 2. The summed E-state index contributed by atoms with van der Waals surface area (Å²) in [5.41, 5.74) is 4.28. The number of carbonyl (C=O) groups is 1. The summed E-state index contributed by atoms with van der Waals surface area (Å²) in [5.74, 6) is 1.17. The molecule has 2 aromatic carbocycles. The van der Waals surface area contributed by atoms with Crippen LogP contribution in [0.3, 0.4) is 0 Å².